The summed E-state index contributed by atoms with van der Waals surface area (Å²) < 4.78 is 2.11. The summed E-state index contributed by atoms with van der Waals surface area (Å²) in [5.74, 6) is 1.03. The zero-order valence-corrected chi connectivity index (χ0v) is 16.2. The number of imidazole rings is 2. The van der Waals surface area contributed by atoms with Crippen LogP contribution in [0.25, 0.3) is 16.7 Å². The van der Waals surface area contributed by atoms with Crippen molar-refractivity contribution in [2.24, 2.45) is 0 Å². The van der Waals surface area contributed by atoms with Gasteiger partial charge in [0.15, 0.2) is 0 Å². The summed E-state index contributed by atoms with van der Waals surface area (Å²) in [4.78, 5) is 13.1. The second-order valence-corrected chi connectivity index (χ2v) is 8.84. The van der Waals surface area contributed by atoms with E-state index in [0.717, 1.165) is 34.6 Å². The summed E-state index contributed by atoms with van der Waals surface area (Å²) in [7, 11) is 0. The molecule has 0 fully saturated rings. The van der Waals surface area contributed by atoms with Crippen molar-refractivity contribution >= 4 is 16.7 Å². The molecule has 0 saturated heterocycles. The molecule has 0 radical (unpaired) electrons. The first-order valence-electron chi connectivity index (χ1n) is 9.16. The molecule has 4 nitrogen and oxygen atoms in total. The number of nitrogens with zero attached hydrogens (tertiary/aromatic N) is 3. The van der Waals surface area contributed by atoms with Crippen LogP contribution in [-0.2, 0) is 17.3 Å². The molecule has 4 rings (SSSR count). The van der Waals surface area contributed by atoms with E-state index in [4.69, 9.17) is 9.97 Å². The highest BCUT2D eigenvalue weighted by molar-refractivity contribution is 5.75. The maximum absolute atomic E-state index is 4.82. The van der Waals surface area contributed by atoms with Crippen LogP contribution in [0.1, 0.15) is 51.7 Å². The van der Waals surface area contributed by atoms with Gasteiger partial charge in [0.2, 0.25) is 0 Å². The Hall–Kier alpha value is -2.62. The number of nitrogens with one attached hydrogen (secondary N) is 1. The van der Waals surface area contributed by atoms with Crippen LogP contribution in [0.3, 0.4) is 0 Å². The van der Waals surface area contributed by atoms with Gasteiger partial charge in [-0.2, -0.15) is 0 Å². The molecule has 1 N–H and O–H groups in total. The quantitative estimate of drug-likeness (QED) is 0.565. The summed E-state index contributed by atoms with van der Waals surface area (Å²) in [5, 5.41) is 0. The van der Waals surface area contributed by atoms with E-state index in [0.29, 0.717) is 0 Å². The van der Waals surface area contributed by atoms with Crippen LogP contribution in [0.4, 0.5) is 0 Å². The molecule has 0 unspecified atom stereocenters. The Labute approximate surface area is 154 Å². The van der Waals surface area contributed by atoms with Gasteiger partial charge in [0, 0.05) is 23.2 Å². The predicted molar refractivity (Wildman–Crippen MR) is 107 cm³/mol. The lowest BCUT2D eigenvalue weighted by Crippen LogP contribution is -2.22. The van der Waals surface area contributed by atoms with Gasteiger partial charge in [-0.1, -0.05) is 46.8 Å². The maximum atomic E-state index is 4.82. The van der Waals surface area contributed by atoms with Crippen LogP contribution in [0, 0.1) is 0 Å². The van der Waals surface area contributed by atoms with Gasteiger partial charge in [-0.25, -0.2) is 9.97 Å². The molecule has 0 bridgehead atoms. The van der Waals surface area contributed by atoms with Crippen LogP contribution in [0.15, 0.2) is 48.8 Å². The maximum Gasteiger partial charge on any atom is 0.137 e. The molecule has 0 aliphatic heterocycles. The molecule has 1 aromatic carbocycles. The number of pyridine rings is 1. The average molecular weight is 346 g/mol. The summed E-state index contributed by atoms with van der Waals surface area (Å²) in [5.41, 5.74) is 5.48. The first-order valence-corrected chi connectivity index (χ1v) is 9.16. The third-order valence-electron chi connectivity index (χ3n) is 4.97. The number of H-pyrrole nitrogens is 1. The van der Waals surface area contributed by atoms with Crippen molar-refractivity contribution in [2.45, 2.75) is 51.9 Å². The molecule has 3 aromatic heterocycles. The van der Waals surface area contributed by atoms with Crippen molar-refractivity contribution in [3.63, 3.8) is 0 Å². The summed E-state index contributed by atoms with van der Waals surface area (Å²) in [6, 6.07) is 12.6. The molecular weight excluding hydrogens is 320 g/mol. The average Bonchev–Trinajstić information content (AvgIpc) is 3.18. The number of fused-ring (bicyclic) bond motifs is 2. The minimum Gasteiger partial charge on any atom is -0.342 e. The summed E-state index contributed by atoms with van der Waals surface area (Å²) >= 11 is 0. The molecule has 0 aliphatic rings. The second kappa shape index (κ2) is 5.70. The molecule has 0 spiro atoms. The lowest BCUT2D eigenvalue weighted by molar-refractivity contribution is 0.493. The second-order valence-electron chi connectivity index (χ2n) is 8.84. The number of rotatable bonds is 3. The number of hydrogen-bond acceptors (Lipinski definition) is 2. The molecule has 26 heavy (non-hydrogen) atoms. The molecule has 4 aromatic rings. The third kappa shape index (κ3) is 3.00. The van der Waals surface area contributed by atoms with E-state index in [-0.39, 0.29) is 10.8 Å². The van der Waals surface area contributed by atoms with Gasteiger partial charge in [-0.05, 0) is 36.2 Å². The van der Waals surface area contributed by atoms with Crippen molar-refractivity contribution in [2.75, 3.05) is 0 Å². The largest absolute Gasteiger partial charge is 0.342 e. The van der Waals surface area contributed by atoms with Gasteiger partial charge >= 0.3 is 0 Å². The monoisotopic (exact) mass is 346 g/mol. The SMILES string of the molecule is CC(C)(C)c1cn2ccc(CC(C)(C)c3nc4ccccc4[nH]3)cc2n1. The Morgan fingerprint density at radius 3 is 2.50 bits per heavy atom. The number of para-hydroxylation sites is 2. The zero-order chi connectivity index (χ0) is 18.5. The molecule has 0 aliphatic carbocycles. The molecule has 0 amide bonds. The first kappa shape index (κ1) is 16.8. The van der Waals surface area contributed by atoms with Crippen LogP contribution in [0.5, 0.6) is 0 Å². The van der Waals surface area contributed by atoms with Crippen molar-refractivity contribution in [1.29, 1.82) is 0 Å². The molecule has 3 heterocycles. The van der Waals surface area contributed by atoms with E-state index >= 15 is 0 Å². The Balaban J connectivity index is 1.66. The number of benzene rings is 1. The Morgan fingerprint density at radius 2 is 1.77 bits per heavy atom. The van der Waals surface area contributed by atoms with Crippen molar-refractivity contribution in [1.82, 2.24) is 19.4 Å². The topological polar surface area (TPSA) is 46.0 Å². The number of aromatic amines is 1. The highest BCUT2D eigenvalue weighted by Crippen LogP contribution is 2.28. The van der Waals surface area contributed by atoms with E-state index in [1.165, 1.54) is 5.56 Å². The van der Waals surface area contributed by atoms with Gasteiger partial charge in [-0.15, -0.1) is 0 Å². The Morgan fingerprint density at radius 1 is 1.00 bits per heavy atom. The van der Waals surface area contributed by atoms with Gasteiger partial charge in [0.25, 0.3) is 0 Å². The molecule has 4 heteroatoms. The summed E-state index contributed by atoms with van der Waals surface area (Å²) in [6.07, 6.45) is 5.15. The van der Waals surface area contributed by atoms with E-state index in [2.05, 4.69) is 80.7 Å². The molecule has 0 saturated carbocycles. The number of aromatic nitrogens is 4. The fraction of sp³-hybridized carbons (Fsp3) is 0.364. The fourth-order valence-electron chi connectivity index (χ4n) is 3.36. The van der Waals surface area contributed by atoms with Crippen LogP contribution in [-0.4, -0.2) is 19.4 Å². The number of hydrogen-bond donors (Lipinski definition) is 1. The molecule has 0 atom stereocenters. The van der Waals surface area contributed by atoms with Gasteiger partial charge in [0.05, 0.1) is 16.7 Å². The van der Waals surface area contributed by atoms with Crippen molar-refractivity contribution in [3.05, 3.63) is 65.9 Å². The third-order valence-corrected chi connectivity index (χ3v) is 4.97. The van der Waals surface area contributed by atoms with Crippen LogP contribution < -0.4 is 0 Å². The lowest BCUT2D eigenvalue weighted by atomic mass is 9.85. The van der Waals surface area contributed by atoms with E-state index in [9.17, 15) is 0 Å². The fourth-order valence-corrected chi connectivity index (χ4v) is 3.36. The van der Waals surface area contributed by atoms with E-state index in [1.807, 2.05) is 12.1 Å². The highest BCUT2D eigenvalue weighted by atomic mass is 15.0. The van der Waals surface area contributed by atoms with E-state index < -0.39 is 0 Å². The summed E-state index contributed by atoms with van der Waals surface area (Å²) in [6.45, 7) is 11.1. The van der Waals surface area contributed by atoms with Crippen LogP contribution >= 0.6 is 0 Å². The first-order chi connectivity index (χ1) is 12.2. The van der Waals surface area contributed by atoms with Gasteiger partial charge < -0.3 is 9.38 Å². The predicted octanol–water partition coefficient (Wildman–Crippen LogP) is 5.03. The Bertz CT molecular complexity index is 1040. The van der Waals surface area contributed by atoms with Crippen LogP contribution in [0.2, 0.25) is 0 Å². The molecule has 134 valence electrons. The lowest BCUT2D eigenvalue weighted by Gasteiger charge is -2.22. The van der Waals surface area contributed by atoms with Gasteiger partial charge in [-0.3, -0.25) is 0 Å². The minimum absolute atomic E-state index is 0.0553. The smallest absolute Gasteiger partial charge is 0.137 e. The molecular formula is C22H26N4. The Kier molecular flexibility index (Phi) is 3.69. The van der Waals surface area contributed by atoms with Gasteiger partial charge in [0.1, 0.15) is 11.5 Å². The van der Waals surface area contributed by atoms with Crippen molar-refractivity contribution < 1.29 is 0 Å². The normalized spacial score (nSPS) is 13.0. The van der Waals surface area contributed by atoms with Crippen molar-refractivity contribution in [3.8, 4) is 0 Å². The zero-order valence-electron chi connectivity index (χ0n) is 16.2. The minimum atomic E-state index is -0.0865. The van der Waals surface area contributed by atoms with E-state index in [1.54, 1.807) is 0 Å². The standard InChI is InChI=1S/C22H26N4/c1-21(2,3)18-14-26-11-10-15(12-19(26)25-18)13-22(4,5)20-23-16-8-6-7-9-17(16)24-20/h6-12,14H,13H2,1-5H3,(H,23,24). The highest BCUT2D eigenvalue weighted by Gasteiger charge is 2.25.